The van der Waals surface area contributed by atoms with Crippen LogP contribution in [0.4, 0.5) is 0 Å². The summed E-state index contributed by atoms with van der Waals surface area (Å²) < 4.78 is 22.2. The molecule has 130 valence electrons. The van der Waals surface area contributed by atoms with Gasteiger partial charge in [0.2, 0.25) is 6.79 Å². The van der Waals surface area contributed by atoms with Gasteiger partial charge in [-0.3, -0.25) is 4.79 Å². The highest BCUT2D eigenvalue weighted by atomic mass is 16.7. The van der Waals surface area contributed by atoms with Crippen LogP contribution in [0.3, 0.4) is 0 Å². The minimum absolute atomic E-state index is 0.000648. The second-order valence-corrected chi connectivity index (χ2v) is 6.55. The zero-order valence-corrected chi connectivity index (χ0v) is 13.7. The summed E-state index contributed by atoms with van der Waals surface area (Å²) in [5.74, 6) is 1.32. The number of hydrogen-bond donors (Lipinski definition) is 0. The summed E-state index contributed by atoms with van der Waals surface area (Å²) in [7, 11) is 0. The summed E-state index contributed by atoms with van der Waals surface area (Å²) in [6.07, 6.45) is 4.41. The predicted molar refractivity (Wildman–Crippen MR) is 86.4 cm³/mol. The zero-order valence-electron chi connectivity index (χ0n) is 13.7. The molecule has 6 nitrogen and oxygen atoms in total. The lowest BCUT2D eigenvalue weighted by Crippen LogP contribution is -2.42. The molecule has 0 spiro atoms. The third kappa shape index (κ3) is 3.35. The molecule has 3 aliphatic rings. The number of carbonyl (C=O) groups excluding carboxylic acids is 1. The van der Waals surface area contributed by atoms with Crippen molar-refractivity contribution < 1.29 is 23.7 Å². The quantitative estimate of drug-likeness (QED) is 0.827. The third-order valence-corrected chi connectivity index (χ3v) is 4.80. The van der Waals surface area contributed by atoms with Crippen LogP contribution in [0.5, 0.6) is 11.5 Å². The molecule has 0 saturated carbocycles. The van der Waals surface area contributed by atoms with E-state index in [-0.39, 0.29) is 24.9 Å². The maximum atomic E-state index is 13.0. The van der Waals surface area contributed by atoms with Gasteiger partial charge in [0.25, 0.3) is 5.91 Å². The maximum absolute atomic E-state index is 13.0. The van der Waals surface area contributed by atoms with Gasteiger partial charge < -0.3 is 23.8 Å². The van der Waals surface area contributed by atoms with Gasteiger partial charge in [-0.1, -0.05) is 0 Å². The van der Waals surface area contributed by atoms with Crippen molar-refractivity contribution in [3.8, 4) is 11.5 Å². The van der Waals surface area contributed by atoms with E-state index in [9.17, 15) is 4.79 Å². The van der Waals surface area contributed by atoms with Gasteiger partial charge in [0.15, 0.2) is 11.5 Å². The van der Waals surface area contributed by atoms with Crippen LogP contribution in [-0.4, -0.2) is 56.1 Å². The molecule has 0 N–H and O–H groups in total. The molecule has 24 heavy (non-hydrogen) atoms. The van der Waals surface area contributed by atoms with Crippen molar-refractivity contribution in [1.82, 2.24) is 4.90 Å². The topological polar surface area (TPSA) is 57.2 Å². The molecule has 6 heteroatoms. The molecule has 4 rings (SSSR count). The van der Waals surface area contributed by atoms with Crippen LogP contribution >= 0.6 is 0 Å². The Labute approximate surface area is 141 Å². The van der Waals surface area contributed by atoms with Crippen molar-refractivity contribution in [1.29, 1.82) is 0 Å². The van der Waals surface area contributed by atoms with E-state index >= 15 is 0 Å². The van der Waals surface area contributed by atoms with Gasteiger partial charge in [-0.25, -0.2) is 0 Å². The smallest absolute Gasteiger partial charge is 0.254 e. The first-order valence-electron chi connectivity index (χ1n) is 8.72. The number of amides is 1. The van der Waals surface area contributed by atoms with Gasteiger partial charge in [-0.05, 0) is 43.9 Å². The van der Waals surface area contributed by atoms with Gasteiger partial charge >= 0.3 is 0 Å². The molecule has 0 aliphatic carbocycles. The van der Waals surface area contributed by atoms with Crippen molar-refractivity contribution in [2.75, 3.05) is 33.1 Å². The highest BCUT2D eigenvalue weighted by molar-refractivity contribution is 5.95. The van der Waals surface area contributed by atoms with Crippen molar-refractivity contribution in [3.05, 3.63) is 23.8 Å². The Kier molecular flexibility index (Phi) is 4.58. The fourth-order valence-electron chi connectivity index (χ4n) is 3.52. The van der Waals surface area contributed by atoms with Gasteiger partial charge in [0, 0.05) is 31.9 Å². The van der Waals surface area contributed by atoms with Crippen LogP contribution in [0.15, 0.2) is 18.2 Å². The van der Waals surface area contributed by atoms with E-state index in [2.05, 4.69) is 0 Å². The molecule has 2 saturated heterocycles. The Morgan fingerprint density at radius 3 is 2.29 bits per heavy atom. The van der Waals surface area contributed by atoms with Gasteiger partial charge in [-0.2, -0.15) is 0 Å². The lowest BCUT2D eigenvalue weighted by Gasteiger charge is -2.28. The summed E-state index contributed by atoms with van der Waals surface area (Å²) in [5.41, 5.74) is 0.621. The average molecular weight is 333 g/mol. The number of benzene rings is 1. The fraction of sp³-hybridized carbons (Fsp3) is 0.611. The Balaban J connectivity index is 1.50. The molecule has 0 bridgehead atoms. The van der Waals surface area contributed by atoms with Gasteiger partial charge in [0.05, 0.1) is 12.2 Å². The first-order chi connectivity index (χ1) is 11.8. The number of hydrogen-bond acceptors (Lipinski definition) is 5. The second kappa shape index (κ2) is 6.99. The molecule has 1 aromatic carbocycles. The van der Waals surface area contributed by atoms with Crippen molar-refractivity contribution in [3.63, 3.8) is 0 Å². The molecular formula is C18H23NO5. The Hall–Kier alpha value is -1.79. The summed E-state index contributed by atoms with van der Waals surface area (Å²) in [6.45, 7) is 3.02. The molecule has 0 aromatic heterocycles. The highest BCUT2D eigenvalue weighted by Gasteiger charge is 2.28. The van der Waals surface area contributed by atoms with E-state index < -0.39 is 0 Å². The van der Waals surface area contributed by atoms with Crippen molar-refractivity contribution >= 4 is 5.91 Å². The van der Waals surface area contributed by atoms with E-state index in [0.717, 1.165) is 38.9 Å². The summed E-state index contributed by atoms with van der Waals surface area (Å²) in [4.78, 5) is 14.9. The Morgan fingerprint density at radius 2 is 1.67 bits per heavy atom. The monoisotopic (exact) mass is 333 g/mol. The number of fused-ring (bicyclic) bond motifs is 1. The zero-order chi connectivity index (χ0) is 16.4. The first kappa shape index (κ1) is 15.7. The third-order valence-electron chi connectivity index (χ3n) is 4.80. The van der Waals surface area contributed by atoms with E-state index in [1.165, 1.54) is 0 Å². The molecule has 1 amide bonds. The SMILES string of the molecule is O=C(c1ccc2c(c1)OCO2)N(C[C@H]1CCCO1)C[C@H]1CCCO1. The molecule has 0 unspecified atom stereocenters. The Morgan fingerprint density at radius 1 is 1.00 bits per heavy atom. The lowest BCUT2D eigenvalue weighted by atomic mass is 10.1. The van der Waals surface area contributed by atoms with Crippen LogP contribution in [-0.2, 0) is 9.47 Å². The van der Waals surface area contributed by atoms with Crippen LogP contribution in [0, 0.1) is 0 Å². The number of nitrogens with zero attached hydrogens (tertiary/aromatic N) is 1. The number of ether oxygens (including phenoxy) is 4. The van der Waals surface area contributed by atoms with Crippen molar-refractivity contribution in [2.45, 2.75) is 37.9 Å². The maximum Gasteiger partial charge on any atom is 0.254 e. The molecule has 0 radical (unpaired) electrons. The minimum atomic E-state index is -0.000648. The normalized spacial score (nSPS) is 25.2. The van der Waals surface area contributed by atoms with Crippen LogP contribution in [0.1, 0.15) is 36.0 Å². The fourth-order valence-corrected chi connectivity index (χ4v) is 3.52. The first-order valence-corrected chi connectivity index (χ1v) is 8.72. The van der Waals surface area contributed by atoms with Crippen molar-refractivity contribution in [2.24, 2.45) is 0 Å². The van der Waals surface area contributed by atoms with Crippen LogP contribution < -0.4 is 9.47 Å². The van der Waals surface area contributed by atoms with E-state index in [1.807, 2.05) is 4.90 Å². The average Bonchev–Trinajstić information content (AvgIpc) is 3.35. The van der Waals surface area contributed by atoms with Crippen LogP contribution in [0.2, 0.25) is 0 Å². The predicted octanol–water partition coefficient (Wildman–Crippen LogP) is 2.22. The standard InChI is InChI=1S/C18H23NO5/c20-18(13-5-6-16-17(9-13)24-12-23-16)19(10-14-3-1-7-21-14)11-15-4-2-8-22-15/h5-6,9,14-15H,1-4,7-8,10-12H2/t14-,15-/m1/s1. The molecule has 1 aromatic rings. The van der Waals surface area contributed by atoms with E-state index in [0.29, 0.717) is 30.2 Å². The molecule has 2 atom stereocenters. The largest absolute Gasteiger partial charge is 0.454 e. The van der Waals surface area contributed by atoms with Crippen LogP contribution in [0.25, 0.3) is 0 Å². The van der Waals surface area contributed by atoms with Gasteiger partial charge in [0.1, 0.15) is 0 Å². The summed E-state index contributed by atoms with van der Waals surface area (Å²) in [5, 5.41) is 0. The summed E-state index contributed by atoms with van der Waals surface area (Å²) in [6, 6.07) is 5.36. The number of rotatable bonds is 5. The van der Waals surface area contributed by atoms with Gasteiger partial charge in [-0.15, -0.1) is 0 Å². The van der Waals surface area contributed by atoms with E-state index in [1.54, 1.807) is 18.2 Å². The lowest BCUT2D eigenvalue weighted by molar-refractivity contribution is 0.0307. The molecule has 3 heterocycles. The molecular weight excluding hydrogens is 310 g/mol. The minimum Gasteiger partial charge on any atom is -0.454 e. The van der Waals surface area contributed by atoms with E-state index in [4.69, 9.17) is 18.9 Å². The second-order valence-electron chi connectivity index (χ2n) is 6.55. The molecule has 3 aliphatic heterocycles. The molecule has 2 fully saturated rings. The highest BCUT2D eigenvalue weighted by Crippen LogP contribution is 2.33. The summed E-state index contributed by atoms with van der Waals surface area (Å²) >= 11 is 0. The number of carbonyl (C=O) groups is 1. The Bertz CT molecular complexity index is 575.